The van der Waals surface area contributed by atoms with Crippen LogP contribution in [-0.4, -0.2) is 42.6 Å². The second-order valence-electron chi connectivity index (χ2n) is 7.62. The number of likely N-dealkylation sites (tertiary alicyclic amines) is 1. The predicted octanol–water partition coefficient (Wildman–Crippen LogP) is 4.90. The standard InChI is InChI=1S/C21H18ClF3N4O4S2/c22-18-16(26-8-13-12(3-1-4-14(13)23)9-28-5-2-6-28)7-15(24)20(19(18)25)35(32,33)29(21(30)31)17-10-34-11-27-17/h1,3-4,7,10-11,26H,2,5-6,8-9H2,(H,30,31). The van der Waals surface area contributed by atoms with Gasteiger partial charge in [-0.15, -0.1) is 15.6 Å². The lowest BCUT2D eigenvalue weighted by Crippen LogP contribution is -2.37. The quantitative estimate of drug-likeness (QED) is 0.387. The fraction of sp³-hybridized carbons (Fsp3) is 0.238. The number of nitrogens with one attached hydrogen (secondary N) is 1. The molecule has 1 aliphatic rings. The lowest BCUT2D eigenvalue weighted by Gasteiger charge is -2.31. The summed E-state index contributed by atoms with van der Waals surface area (Å²) in [6.07, 6.45) is -0.962. The van der Waals surface area contributed by atoms with Crippen LogP contribution in [0, 0.1) is 17.5 Å². The lowest BCUT2D eigenvalue weighted by molar-refractivity contribution is 0.172. The number of carboxylic acid groups (broad SMARTS) is 1. The van der Waals surface area contributed by atoms with E-state index in [2.05, 4.69) is 15.2 Å². The van der Waals surface area contributed by atoms with Crippen molar-refractivity contribution in [2.45, 2.75) is 24.4 Å². The van der Waals surface area contributed by atoms with Crippen molar-refractivity contribution >= 4 is 50.6 Å². The lowest BCUT2D eigenvalue weighted by atomic mass is 10.0. The smallest absolute Gasteiger partial charge is 0.427 e. The Hall–Kier alpha value is -2.87. The van der Waals surface area contributed by atoms with Crippen LogP contribution in [0.5, 0.6) is 0 Å². The van der Waals surface area contributed by atoms with Crippen LogP contribution in [0.4, 0.5) is 29.5 Å². The first kappa shape index (κ1) is 25.2. The number of amides is 1. The van der Waals surface area contributed by atoms with Gasteiger partial charge in [0.25, 0.3) is 10.0 Å². The van der Waals surface area contributed by atoms with Crippen LogP contribution in [0.2, 0.25) is 5.02 Å². The molecule has 1 aromatic heterocycles. The van der Waals surface area contributed by atoms with Gasteiger partial charge in [0.05, 0.1) is 11.2 Å². The van der Waals surface area contributed by atoms with Gasteiger partial charge in [-0.05, 0) is 31.1 Å². The molecule has 1 saturated heterocycles. The predicted molar refractivity (Wildman–Crippen MR) is 125 cm³/mol. The van der Waals surface area contributed by atoms with E-state index in [1.165, 1.54) is 6.07 Å². The van der Waals surface area contributed by atoms with E-state index in [4.69, 9.17) is 11.6 Å². The Morgan fingerprint density at radius 2 is 2.00 bits per heavy atom. The van der Waals surface area contributed by atoms with Gasteiger partial charge in [-0.3, -0.25) is 4.90 Å². The highest BCUT2D eigenvalue weighted by Crippen LogP contribution is 2.35. The first-order valence-corrected chi connectivity index (χ1v) is 12.9. The molecule has 0 spiro atoms. The van der Waals surface area contributed by atoms with Gasteiger partial charge in [0.1, 0.15) is 16.7 Å². The number of hydrogen-bond acceptors (Lipinski definition) is 7. The molecule has 0 unspecified atom stereocenters. The largest absolute Gasteiger partial charge is 0.464 e. The van der Waals surface area contributed by atoms with E-state index in [-0.39, 0.29) is 22.1 Å². The van der Waals surface area contributed by atoms with Crippen LogP contribution in [0.15, 0.2) is 40.1 Å². The highest BCUT2D eigenvalue weighted by molar-refractivity contribution is 7.93. The Balaban J connectivity index is 1.65. The third kappa shape index (κ3) is 4.94. The average molecular weight is 547 g/mol. The SMILES string of the molecule is O=C(O)N(c1cscn1)S(=O)(=O)c1c(F)cc(NCc2c(F)cccc2CN2CCC2)c(Cl)c1F. The first-order chi connectivity index (χ1) is 16.6. The monoisotopic (exact) mass is 546 g/mol. The maximum Gasteiger partial charge on any atom is 0.427 e. The van der Waals surface area contributed by atoms with Gasteiger partial charge >= 0.3 is 6.09 Å². The van der Waals surface area contributed by atoms with Crippen molar-refractivity contribution in [3.63, 3.8) is 0 Å². The third-order valence-corrected chi connectivity index (χ3v) is 8.09. The fourth-order valence-corrected chi connectivity index (χ4v) is 5.80. The highest BCUT2D eigenvalue weighted by atomic mass is 35.5. The Labute approximate surface area is 207 Å². The zero-order valence-electron chi connectivity index (χ0n) is 17.8. The minimum absolute atomic E-state index is 0.180. The molecule has 2 heterocycles. The number of halogens is 4. The van der Waals surface area contributed by atoms with Crippen LogP contribution >= 0.6 is 22.9 Å². The molecule has 1 amide bonds. The van der Waals surface area contributed by atoms with Crippen molar-refractivity contribution in [3.05, 3.63) is 68.8 Å². The minimum Gasteiger partial charge on any atom is -0.464 e. The zero-order chi connectivity index (χ0) is 25.3. The number of thiazole rings is 1. The number of sulfonamides is 1. The molecule has 35 heavy (non-hydrogen) atoms. The van der Waals surface area contributed by atoms with Crippen molar-refractivity contribution in [2.75, 3.05) is 22.7 Å². The van der Waals surface area contributed by atoms with Crippen LogP contribution in [0.3, 0.4) is 0 Å². The average Bonchev–Trinajstić information content (AvgIpc) is 3.26. The summed E-state index contributed by atoms with van der Waals surface area (Å²) < 4.78 is 70.0. The summed E-state index contributed by atoms with van der Waals surface area (Å²) in [6, 6.07) is 5.19. The summed E-state index contributed by atoms with van der Waals surface area (Å²) >= 11 is 6.89. The van der Waals surface area contributed by atoms with Gasteiger partial charge in [0, 0.05) is 30.1 Å². The zero-order valence-corrected chi connectivity index (χ0v) is 20.2. The number of carbonyl (C=O) groups is 1. The molecule has 1 aliphatic heterocycles. The Morgan fingerprint density at radius 3 is 2.60 bits per heavy atom. The number of anilines is 2. The van der Waals surface area contributed by atoms with Gasteiger partial charge in [0.15, 0.2) is 16.5 Å². The van der Waals surface area contributed by atoms with E-state index in [1.807, 2.05) is 0 Å². The third-order valence-electron chi connectivity index (χ3n) is 5.43. The van der Waals surface area contributed by atoms with E-state index >= 15 is 4.39 Å². The van der Waals surface area contributed by atoms with Crippen molar-refractivity contribution in [2.24, 2.45) is 0 Å². The molecule has 2 N–H and O–H groups in total. The summed E-state index contributed by atoms with van der Waals surface area (Å²) in [5.41, 5.74) is 1.80. The van der Waals surface area contributed by atoms with Crippen molar-refractivity contribution in [1.29, 1.82) is 0 Å². The maximum atomic E-state index is 15.1. The molecule has 3 aromatic rings. The van der Waals surface area contributed by atoms with Gasteiger partial charge in [0.2, 0.25) is 0 Å². The van der Waals surface area contributed by atoms with Gasteiger partial charge in [-0.25, -0.2) is 31.4 Å². The van der Waals surface area contributed by atoms with E-state index in [1.54, 1.807) is 12.1 Å². The molecule has 0 radical (unpaired) electrons. The number of benzene rings is 2. The normalized spacial score (nSPS) is 13.9. The van der Waals surface area contributed by atoms with Gasteiger partial charge in [-0.1, -0.05) is 23.7 Å². The number of aromatic nitrogens is 1. The second-order valence-corrected chi connectivity index (χ2v) is 10.4. The minimum atomic E-state index is -5.26. The Bertz CT molecular complexity index is 1370. The molecule has 8 nitrogen and oxygen atoms in total. The summed E-state index contributed by atoms with van der Waals surface area (Å²) in [5.74, 6) is -4.34. The van der Waals surface area contributed by atoms with Gasteiger partial charge < -0.3 is 10.4 Å². The van der Waals surface area contributed by atoms with E-state index in [0.29, 0.717) is 18.2 Å². The molecule has 0 aliphatic carbocycles. The van der Waals surface area contributed by atoms with Crippen molar-refractivity contribution in [3.8, 4) is 0 Å². The molecule has 2 aromatic carbocycles. The van der Waals surface area contributed by atoms with Crippen molar-refractivity contribution < 1.29 is 31.5 Å². The number of rotatable bonds is 8. The van der Waals surface area contributed by atoms with E-state index in [9.17, 15) is 27.1 Å². The van der Waals surface area contributed by atoms with Crippen LogP contribution in [0.1, 0.15) is 17.5 Å². The van der Waals surface area contributed by atoms with Crippen molar-refractivity contribution in [1.82, 2.24) is 9.88 Å². The molecule has 0 saturated carbocycles. The van der Waals surface area contributed by atoms with Crippen LogP contribution in [-0.2, 0) is 23.1 Å². The van der Waals surface area contributed by atoms with Crippen LogP contribution in [0.25, 0.3) is 0 Å². The Morgan fingerprint density at radius 1 is 1.26 bits per heavy atom. The molecule has 0 atom stereocenters. The summed E-state index contributed by atoms with van der Waals surface area (Å²) in [7, 11) is -5.26. The fourth-order valence-electron chi connectivity index (χ4n) is 3.58. The Kier molecular flexibility index (Phi) is 7.22. The molecule has 186 valence electrons. The molecule has 0 bridgehead atoms. The maximum absolute atomic E-state index is 15.1. The summed E-state index contributed by atoms with van der Waals surface area (Å²) in [6.45, 7) is 2.09. The van der Waals surface area contributed by atoms with Gasteiger partial charge in [-0.2, -0.15) is 0 Å². The molecular weight excluding hydrogens is 529 g/mol. The number of hydrogen-bond donors (Lipinski definition) is 2. The highest BCUT2D eigenvalue weighted by Gasteiger charge is 2.38. The molecule has 1 fully saturated rings. The molecular formula is C21H18ClF3N4O4S2. The molecule has 14 heteroatoms. The summed E-state index contributed by atoms with van der Waals surface area (Å²) in [5, 5.41) is 12.3. The second kappa shape index (κ2) is 10.0. The first-order valence-electron chi connectivity index (χ1n) is 10.2. The summed E-state index contributed by atoms with van der Waals surface area (Å²) in [4.78, 5) is 15.8. The topological polar surface area (TPSA) is 103 Å². The van der Waals surface area contributed by atoms with E-state index < -0.39 is 49.3 Å². The van der Waals surface area contributed by atoms with Crippen LogP contribution < -0.4 is 9.62 Å². The van der Waals surface area contributed by atoms with E-state index in [0.717, 1.165) is 41.7 Å². The molecule has 4 rings (SSSR count). The number of nitrogens with zero attached hydrogens (tertiary/aromatic N) is 3.